The van der Waals surface area contributed by atoms with Gasteiger partial charge in [0.05, 0.1) is 22.8 Å². The van der Waals surface area contributed by atoms with Crippen LogP contribution in [-0.2, 0) is 4.79 Å². The minimum absolute atomic E-state index is 0.0327. The van der Waals surface area contributed by atoms with Crippen LogP contribution in [0.5, 0.6) is 0 Å². The van der Waals surface area contributed by atoms with Crippen LogP contribution in [0, 0.1) is 6.92 Å². The van der Waals surface area contributed by atoms with Crippen LogP contribution < -0.4 is 10.6 Å². The van der Waals surface area contributed by atoms with Gasteiger partial charge in [0, 0.05) is 11.4 Å². The molecular formula is C18H20N4O2S. The Morgan fingerprint density at radius 3 is 2.64 bits per heavy atom. The maximum atomic E-state index is 12.4. The smallest absolute Gasteiger partial charge is 0.261 e. The van der Waals surface area contributed by atoms with Gasteiger partial charge < -0.3 is 10.6 Å². The van der Waals surface area contributed by atoms with Crippen molar-refractivity contribution in [3.05, 3.63) is 47.0 Å². The molecule has 130 valence electrons. The Morgan fingerprint density at radius 1 is 1.24 bits per heavy atom. The highest BCUT2D eigenvalue weighted by molar-refractivity contribution is 7.20. The molecule has 6 nitrogen and oxygen atoms in total. The third-order valence-electron chi connectivity index (χ3n) is 3.63. The second-order valence-electron chi connectivity index (χ2n) is 6.07. The highest BCUT2D eigenvalue weighted by atomic mass is 32.1. The van der Waals surface area contributed by atoms with Crippen LogP contribution in [-0.4, -0.2) is 34.2 Å². The first-order valence-electron chi connectivity index (χ1n) is 8.08. The minimum Gasteiger partial charge on any atom is -0.352 e. The van der Waals surface area contributed by atoms with Gasteiger partial charge in [0.1, 0.15) is 4.83 Å². The van der Waals surface area contributed by atoms with E-state index in [4.69, 9.17) is 0 Å². The van der Waals surface area contributed by atoms with Crippen molar-refractivity contribution in [2.45, 2.75) is 26.8 Å². The van der Waals surface area contributed by atoms with Gasteiger partial charge in [-0.3, -0.25) is 9.59 Å². The van der Waals surface area contributed by atoms with E-state index in [0.29, 0.717) is 4.88 Å². The number of para-hydroxylation sites is 1. The van der Waals surface area contributed by atoms with E-state index in [1.54, 1.807) is 0 Å². The lowest BCUT2D eigenvalue weighted by atomic mass is 10.3. The summed E-state index contributed by atoms with van der Waals surface area (Å²) in [5.41, 5.74) is 1.82. The average Bonchev–Trinajstić information content (AvgIpc) is 3.14. The molecule has 0 aliphatic rings. The fraction of sp³-hybridized carbons (Fsp3) is 0.278. The number of carbonyl (C=O) groups is 2. The summed E-state index contributed by atoms with van der Waals surface area (Å²) in [4.78, 5) is 25.5. The quantitative estimate of drug-likeness (QED) is 0.738. The third kappa shape index (κ3) is 3.71. The molecule has 2 N–H and O–H groups in total. The van der Waals surface area contributed by atoms with Crippen molar-refractivity contribution in [3.8, 4) is 5.69 Å². The molecule has 2 heterocycles. The zero-order valence-corrected chi connectivity index (χ0v) is 15.2. The second-order valence-corrected chi connectivity index (χ2v) is 7.10. The van der Waals surface area contributed by atoms with Crippen LogP contribution in [0.25, 0.3) is 15.9 Å². The van der Waals surface area contributed by atoms with E-state index in [9.17, 15) is 9.59 Å². The number of nitrogens with zero attached hydrogens (tertiary/aromatic N) is 2. The number of hydrogen-bond donors (Lipinski definition) is 2. The summed E-state index contributed by atoms with van der Waals surface area (Å²) in [6.45, 7) is 5.65. The van der Waals surface area contributed by atoms with Crippen LogP contribution in [0.1, 0.15) is 29.2 Å². The first kappa shape index (κ1) is 17.2. The molecule has 2 aromatic heterocycles. The van der Waals surface area contributed by atoms with Crippen molar-refractivity contribution in [1.29, 1.82) is 0 Å². The molecule has 0 atom stereocenters. The number of carbonyl (C=O) groups excluding carboxylic acids is 2. The Hall–Kier alpha value is -2.67. The maximum Gasteiger partial charge on any atom is 0.261 e. The molecule has 0 bridgehead atoms. The van der Waals surface area contributed by atoms with E-state index < -0.39 is 0 Å². The standard InChI is InChI=1S/C18H20N4O2S/c1-11(2)20-16(23)10-19-17(24)15-9-14-12(3)21-22(18(14)25-15)13-7-5-4-6-8-13/h4-9,11H,10H2,1-3H3,(H,19,24)(H,20,23). The average molecular weight is 356 g/mol. The van der Waals surface area contributed by atoms with Crippen LogP contribution >= 0.6 is 11.3 Å². The van der Waals surface area contributed by atoms with Crippen LogP contribution in [0.2, 0.25) is 0 Å². The van der Waals surface area contributed by atoms with Crippen LogP contribution in [0.15, 0.2) is 36.4 Å². The lowest BCUT2D eigenvalue weighted by Crippen LogP contribution is -2.39. The van der Waals surface area contributed by atoms with Gasteiger partial charge in [-0.2, -0.15) is 5.10 Å². The molecule has 3 aromatic rings. The first-order chi connectivity index (χ1) is 12.0. The predicted molar refractivity (Wildman–Crippen MR) is 99.3 cm³/mol. The summed E-state index contributed by atoms with van der Waals surface area (Å²) < 4.78 is 1.84. The molecule has 2 amide bonds. The zero-order valence-electron chi connectivity index (χ0n) is 14.4. The molecule has 0 radical (unpaired) electrons. The summed E-state index contributed by atoms with van der Waals surface area (Å²) in [6.07, 6.45) is 0. The molecule has 0 saturated carbocycles. The number of fused-ring (bicyclic) bond motifs is 1. The number of hydrogen-bond acceptors (Lipinski definition) is 4. The van der Waals surface area contributed by atoms with Crippen LogP contribution in [0.3, 0.4) is 0 Å². The van der Waals surface area contributed by atoms with E-state index in [1.165, 1.54) is 11.3 Å². The third-order valence-corrected chi connectivity index (χ3v) is 4.74. The monoisotopic (exact) mass is 356 g/mol. The summed E-state index contributed by atoms with van der Waals surface area (Å²) in [5.74, 6) is -0.449. The number of aromatic nitrogens is 2. The van der Waals surface area contributed by atoms with E-state index in [1.807, 2.05) is 61.9 Å². The predicted octanol–water partition coefficient (Wildman–Crippen LogP) is 2.65. The fourth-order valence-corrected chi connectivity index (χ4v) is 3.62. The Morgan fingerprint density at radius 2 is 1.96 bits per heavy atom. The number of benzene rings is 1. The summed E-state index contributed by atoms with van der Waals surface area (Å²) in [7, 11) is 0. The van der Waals surface area contributed by atoms with Crippen LogP contribution in [0.4, 0.5) is 0 Å². The largest absolute Gasteiger partial charge is 0.352 e. The van der Waals surface area contributed by atoms with Crippen molar-refractivity contribution < 1.29 is 9.59 Å². The zero-order chi connectivity index (χ0) is 18.0. The molecule has 0 aliphatic heterocycles. The van der Waals surface area contributed by atoms with Crippen molar-refractivity contribution in [3.63, 3.8) is 0 Å². The highest BCUT2D eigenvalue weighted by Crippen LogP contribution is 2.30. The molecule has 0 saturated heterocycles. The van der Waals surface area contributed by atoms with Gasteiger partial charge in [-0.1, -0.05) is 18.2 Å². The van der Waals surface area contributed by atoms with Gasteiger partial charge in [-0.05, 0) is 39.0 Å². The molecule has 3 rings (SSSR count). The Balaban J connectivity index is 1.82. The molecular weight excluding hydrogens is 336 g/mol. The van der Waals surface area contributed by atoms with E-state index >= 15 is 0 Å². The van der Waals surface area contributed by atoms with Gasteiger partial charge in [0.25, 0.3) is 5.91 Å². The summed E-state index contributed by atoms with van der Waals surface area (Å²) >= 11 is 1.37. The second kappa shape index (κ2) is 7.06. The number of thiophene rings is 1. The van der Waals surface area contributed by atoms with Crippen molar-refractivity contribution in [2.24, 2.45) is 0 Å². The molecule has 0 aliphatic carbocycles. The normalized spacial score (nSPS) is 11.0. The molecule has 1 aromatic carbocycles. The number of rotatable bonds is 5. The fourth-order valence-electron chi connectivity index (χ4n) is 2.52. The van der Waals surface area contributed by atoms with E-state index in [0.717, 1.165) is 21.6 Å². The van der Waals surface area contributed by atoms with Gasteiger partial charge in [0.2, 0.25) is 5.91 Å². The number of amides is 2. The Kier molecular flexibility index (Phi) is 4.85. The molecule has 25 heavy (non-hydrogen) atoms. The van der Waals surface area contributed by atoms with Gasteiger partial charge in [-0.25, -0.2) is 4.68 Å². The van der Waals surface area contributed by atoms with Gasteiger partial charge in [0.15, 0.2) is 0 Å². The lowest BCUT2D eigenvalue weighted by Gasteiger charge is -2.08. The topological polar surface area (TPSA) is 76.0 Å². The molecule has 0 spiro atoms. The minimum atomic E-state index is -0.251. The lowest BCUT2D eigenvalue weighted by molar-refractivity contribution is -0.120. The van der Waals surface area contributed by atoms with Crippen molar-refractivity contribution in [2.75, 3.05) is 6.54 Å². The van der Waals surface area contributed by atoms with Gasteiger partial charge in [-0.15, -0.1) is 11.3 Å². The maximum absolute atomic E-state index is 12.4. The number of aryl methyl sites for hydroxylation is 1. The van der Waals surface area contributed by atoms with Crippen molar-refractivity contribution >= 4 is 33.4 Å². The van der Waals surface area contributed by atoms with E-state index in [-0.39, 0.29) is 24.4 Å². The van der Waals surface area contributed by atoms with Crippen molar-refractivity contribution in [1.82, 2.24) is 20.4 Å². The SMILES string of the molecule is Cc1nn(-c2ccccc2)c2sc(C(=O)NCC(=O)NC(C)C)cc12. The van der Waals surface area contributed by atoms with E-state index in [2.05, 4.69) is 15.7 Å². The summed E-state index contributed by atoms with van der Waals surface area (Å²) in [6, 6.07) is 11.7. The number of nitrogens with one attached hydrogen (secondary N) is 2. The highest BCUT2D eigenvalue weighted by Gasteiger charge is 2.17. The first-order valence-corrected chi connectivity index (χ1v) is 8.89. The Bertz CT molecular complexity index is 912. The molecule has 0 fully saturated rings. The molecule has 7 heteroatoms. The summed E-state index contributed by atoms with van der Waals surface area (Å²) in [5, 5.41) is 10.9. The molecule has 0 unspecified atom stereocenters. The Labute approximate surface area is 149 Å². The van der Waals surface area contributed by atoms with Gasteiger partial charge >= 0.3 is 0 Å².